The van der Waals surface area contributed by atoms with Crippen molar-refractivity contribution in [2.75, 3.05) is 11.1 Å². The number of nitrogens with two attached hydrogens (primary N) is 1. The molecule has 2 rings (SSSR count). The highest BCUT2D eigenvalue weighted by Gasteiger charge is 2.07. The zero-order valence-corrected chi connectivity index (χ0v) is 11.8. The topological polar surface area (TPSA) is 38.0 Å². The van der Waals surface area contributed by atoms with Crippen LogP contribution in [-0.4, -0.2) is 0 Å². The third kappa shape index (κ3) is 2.86. The van der Waals surface area contributed by atoms with Gasteiger partial charge in [0.05, 0.1) is 27.1 Å². The average Bonchev–Trinajstić information content (AvgIpc) is 2.26. The van der Waals surface area contributed by atoms with Crippen molar-refractivity contribution in [1.29, 1.82) is 0 Å². The molecule has 2 aromatic rings. The summed E-state index contributed by atoms with van der Waals surface area (Å²) >= 11 is 15.5. The van der Waals surface area contributed by atoms with Crippen LogP contribution in [0, 0.1) is 0 Å². The molecule has 0 saturated carbocycles. The molecule has 2 nitrogen and oxygen atoms in total. The van der Waals surface area contributed by atoms with E-state index in [-0.39, 0.29) is 0 Å². The Labute approximate surface area is 118 Å². The van der Waals surface area contributed by atoms with Crippen LogP contribution in [0.4, 0.5) is 17.1 Å². The fourth-order valence-corrected chi connectivity index (χ4v) is 2.35. The molecule has 0 aliphatic heterocycles. The second-order valence-electron chi connectivity index (χ2n) is 3.45. The molecule has 88 valence electrons. The van der Waals surface area contributed by atoms with E-state index in [1.165, 1.54) is 0 Å². The average molecular weight is 332 g/mol. The molecule has 0 amide bonds. The summed E-state index contributed by atoms with van der Waals surface area (Å²) in [5.74, 6) is 0. The van der Waals surface area contributed by atoms with Gasteiger partial charge in [0.15, 0.2) is 0 Å². The van der Waals surface area contributed by atoms with Gasteiger partial charge in [0.25, 0.3) is 0 Å². The van der Waals surface area contributed by atoms with Crippen molar-refractivity contribution in [3.63, 3.8) is 0 Å². The first kappa shape index (κ1) is 12.6. The summed E-state index contributed by atoms with van der Waals surface area (Å²) in [7, 11) is 0. The van der Waals surface area contributed by atoms with Gasteiger partial charge in [-0.15, -0.1) is 0 Å². The summed E-state index contributed by atoms with van der Waals surface area (Å²) in [6, 6.07) is 10.9. The molecule has 2 aromatic carbocycles. The SMILES string of the molecule is Nc1cccc(Cl)c1Nc1ccc(Br)cc1Cl. The van der Waals surface area contributed by atoms with Gasteiger partial charge in [-0.05, 0) is 30.3 Å². The van der Waals surface area contributed by atoms with Crippen LogP contribution in [-0.2, 0) is 0 Å². The van der Waals surface area contributed by atoms with Gasteiger partial charge in [0.1, 0.15) is 0 Å². The molecule has 0 fully saturated rings. The number of rotatable bonds is 2. The summed E-state index contributed by atoms with van der Waals surface area (Å²) in [4.78, 5) is 0. The van der Waals surface area contributed by atoms with Crippen molar-refractivity contribution in [2.24, 2.45) is 0 Å². The number of nitrogens with one attached hydrogen (secondary N) is 1. The van der Waals surface area contributed by atoms with Crippen molar-refractivity contribution in [1.82, 2.24) is 0 Å². The predicted molar refractivity (Wildman–Crippen MR) is 78.3 cm³/mol. The Bertz CT molecular complexity index is 538. The van der Waals surface area contributed by atoms with Crippen molar-refractivity contribution in [3.05, 3.63) is 50.9 Å². The Morgan fingerprint density at radius 3 is 2.47 bits per heavy atom. The molecular formula is C12H9BrCl2N2. The Morgan fingerprint density at radius 1 is 1.06 bits per heavy atom. The van der Waals surface area contributed by atoms with Crippen molar-refractivity contribution in [3.8, 4) is 0 Å². The second-order valence-corrected chi connectivity index (χ2v) is 5.18. The molecule has 0 unspecified atom stereocenters. The molecule has 0 spiro atoms. The zero-order chi connectivity index (χ0) is 12.4. The molecule has 5 heteroatoms. The molecular weight excluding hydrogens is 323 g/mol. The van der Waals surface area contributed by atoms with Crippen LogP contribution in [0.3, 0.4) is 0 Å². The lowest BCUT2D eigenvalue weighted by Crippen LogP contribution is -1.97. The van der Waals surface area contributed by atoms with E-state index in [0.717, 1.165) is 10.2 Å². The molecule has 0 heterocycles. The van der Waals surface area contributed by atoms with E-state index in [1.807, 2.05) is 12.1 Å². The van der Waals surface area contributed by atoms with Gasteiger partial charge >= 0.3 is 0 Å². The third-order valence-electron chi connectivity index (χ3n) is 2.24. The van der Waals surface area contributed by atoms with E-state index in [4.69, 9.17) is 28.9 Å². The molecule has 0 aliphatic rings. The molecule has 0 bridgehead atoms. The van der Waals surface area contributed by atoms with Crippen molar-refractivity contribution < 1.29 is 0 Å². The smallest absolute Gasteiger partial charge is 0.0807 e. The van der Waals surface area contributed by atoms with Gasteiger partial charge in [0.2, 0.25) is 0 Å². The van der Waals surface area contributed by atoms with Crippen LogP contribution in [0.15, 0.2) is 40.9 Å². The Balaban J connectivity index is 2.38. The minimum absolute atomic E-state index is 0.559. The molecule has 0 saturated heterocycles. The number of para-hydroxylation sites is 1. The summed E-state index contributed by atoms with van der Waals surface area (Å²) in [6.07, 6.45) is 0. The number of nitrogen functional groups attached to an aromatic ring is 1. The summed E-state index contributed by atoms with van der Waals surface area (Å²) < 4.78 is 0.917. The quantitative estimate of drug-likeness (QED) is 0.753. The van der Waals surface area contributed by atoms with E-state index in [0.29, 0.717) is 21.4 Å². The highest BCUT2D eigenvalue weighted by atomic mass is 79.9. The van der Waals surface area contributed by atoms with Crippen LogP contribution >= 0.6 is 39.1 Å². The van der Waals surface area contributed by atoms with E-state index in [1.54, 1.807) is 24.3 Å². The molecule has 0 radical (unpaired) electrons. The number of benzene rings is 2. The van der Waals surface area contributed by atoms with Crippen molar-refractivity contribution >= 4 is 56.2 Å². The molecule has 0 aromatic heterocycles. The normalized spacial score (nSPS) is 10.3. The van der Waals surface area contributed by atoms with Gasteiger partial charge in [-0.2, -0.15) is 0 Å². The highest BCUT2D eigenvalue weighted by Crippen LogP contribution is 2.34. The van der Waals surface area contributed by atoms with Crippen LogP contribution in [0.1, 0.15) is 0 Å². The predicted octanol–water partition coefficient (Wildman–Crippen LogP) is 5.08. The third-order valence-corrected chi connectivity index (χ3v) is 3.36. The molecule has 3 N–H and O–H groups in total. The number of hydrogen-bond acceptors (Lipinski definition) is 2. The van der Waals surface area contributed by atoms with E-state index in [9.17, 15) is 0 Å². The fourth-order valence-electron chi connectivity index (χ4n) is 1.40. The minimum atomic E-state index is 0.559. The van der Waals surface area contributed by atoms with E-state index in [2.05, 4.69) is 21.2 Å². The summed E-state index contributed by atoms with van der Waals surface area (Å²) in [5, 5.41) is 4.28. The Morgan fingerprint density at radius 2 is 1.82 bits per heavy atom. The Kier molecular flexibility index (Phi) is 3.82. The maximum Gasteiger partial charge on any atom is 0.0807 e. The maximum atomic E-state index is 6.11. The van der Waals surface area contributed by atoms with Crippen LogP contribution in [0.25, 0.3) is 0 Å². The first-order chi connectivity index (χ1) is 8.08. The van der Waals surface area contributed by atoms with Crippen LogP contribution in [0.2, 0.25) is 10.0 Å². The molecule has 17 heavy (non-hydrogen) atoms. The first-order valence-electron chi connectivity index (χ1n) is 4.84. The standard InChI is InChI=1S/C12H9BrCl2N2/c13-7-4-5-11(9(15)6-7)17-12-8(14)2-1-3-10(12)16/h1-6,17H,16H2. The van der Waals surface area contributed by atoms with Gasteiger partial charge in [0, 0.05) is 4.47 Å². The van der Waals surface area contributed by atoms with Gasteiger partial charge in [-0.25, -0.2) is 0 Å². The summed E-state index contributed by atoms with van der Waals surface area (Å²) in [5.41, 5.74) is 7.85. The highest BCUT2D eigenvalue weighted by molar-refractivity contribution is 9.10. The van der Waals surface area contributed by atoms with Gasteiger partial charge in [-0.3, -0.25) is 0 Å². The number of halogens is 3. The lowest BCUT2D eigenvalue weighted by atomic mass is 10.2. The van der Waals surface area contributed by atoms with E-state index < -0.39 is 0 Å². The molecule has 0 aliphatic carbocycles. The largest absolute Gasteiger partial charge is 0.397 e. The van der Waals surface area contributed by atoms with Gasteiger partial charge < -0.3 is 11.1 Å². The minimum Gasteiger partial charge on any atom is -0.397 e. The van der Waals surface area contributed by atoms with Crippen LogP contribution in [0.5, 0.6) is 0 Å². The zero-order valence-electron chi connectivity index (χ0n) is 8.68. The lowest BCUT2D eigenvalue weighted by molar-refractivity contribution is 1.53. The van der Waals surface area contributed by atoms with Crippen LogP contribution < -0.4 is 11.1 Å². The second kappa shape index (κ2) is 5.17. The maximum absolute atomic E-state index is 6.11. The summed E-state index contributed by atoms with van der Waals surface area (Å²) in [6.45, 7) is 0. The number of anilines is 3. The van der Waals surface area contributed by atoms with Gasteiger partial charge in [-0.1, -0.05) is 45.2 Å². The number of hydrogen-bond donors (Lipinski definition) is 2. The fraction of sp³-hybridized carbons (Fsp3) is 0. The monoisotopic (exact) mass is 330 g/mol. The first-order valence-corrected chi connectivity index (χ1v) is 6.39. The van der Waals surface area contributed by atoms with E-state index >= 15 is 0 Å². The Hall–Kier alpha value is -0.900. The lowest BCUT2D eigenvalue weighted by Gasteiger charge is -2.12. The molecule has 0 atom stereocenters. The van der Waals surface area contributed by atoms with Crippen molar-refractivity contribution in [2.45, 2.75) is 0 Å².